The maximum Gasteiger partial charge on any atom is 0.251 e. The highest BCUT2D eigenvalue weighted by molar-refractivity contribution is 5.80. The Kier molecular flexibility index (Phi) is 3.89. The summed E-state index contributed by atoms with van der Waals surface area (Å²) in [5, 5.41) is 9.52. The van der Waals surface area contributed by atoms with Crippen LogP contribution in [-0.4, -0.2) is 48.3 Å². The van der Waals surface area contributed by atoms with Gasteiger partial charge in [-0.2, -0.15) is 0 Å². The molecule has 1 amide bonds. The van der Waals surface area contributed by atoms with Crippen LogP contribution in [0.5, 0.6) is 0 Å². The van der Waals surface area contributed by atoms with Gasteiger partial charge in [-0.3, -0.25) is 4.79 Å². The monoisotopic (exact) mass is 201 g/mol. The Morgan fingerprint density at radius 1 is 1.57 bits per heavy atom. The number of ether oxygens (including phenoxy) is 1. The van der Waals surface area contributed by atoms with E-state index in [-0.39, 0.29) is 12.0 Å². The molecule has 1 aliphatic heterocycles. The number of β-amino-alcohol motifs (C(OH)–C–C–N with tert-alkyl or cyclic N) is 1. The first kappa shape index (κ1) is 11.5. The number of hydrogen-bond donors (Lipinski definition) is 1. The summed E-state index contributed by atoms with van der Waals surface area (Å²) in [5.41, 5.74) is 0. The summed E-state index contributed by atoms with van der Waals surface area (Å²) >= 11 is 0. The van der Waals surface area contributed by atoms with E-state index in [1.807, 2.05) is 6.92 Å². The SMILES string of the molecule is COC(C)C(=O)N1C[C@@H](C)C[C@@H](O)C1. The van der Waals surface area contributed by atoms with Gasteiger partial charge in [0.25, 0.3) is 5.91 Å². The van der Waals surface area contributed by atoms with E-state index in [4.69, 9.17) is 4.74 Å². The van der Waals surface area contributed by atoms with E-state index < -0.39 is 6.10 Å². The molecule has 0 aromatic rings. The molecule has 4 heteroatoms. The molecule has 0 radical (unpaired) electrons. The predicted octanol–water partition coefficient (Wildman–Crippen LogP) is 0.251. The van der Waals surface area contributed by atoms with Crippen molar-refractivity contribution in [1.82, 2.24) is 4.90 Å². The zero-order chi connectivity index (χ0) is 10.7. The molecule has 0 saturated carbocycles. The molecule has 1 fully saturated rings. The summed E-state index contributed by atoms with van der Waals surface area (Å²) in [4.78, 5) is 13.4. The first-order chi connectivity index (χ1) is 6.54. The van der Waals surface area contributed by atoms with Gasteiger partial charge in [-0.15, -0.1) is 0 Å². The first-order valence-corrected chi connectivity index (χ1v) is 5.04. The molecule has 0 aromatic carbocycles. The molecule has 1 aliphatic rings. The topological polar surface area (TPSA) is 49.8 Å². The highest BCUT2D eigenvalue weighted by Crippen LogP contribution is 2.17. The minimum Gasteiger partial charge on any atom is -0.391 e. The fourth-order valence-electron chi connectivity index (χ4n) is 1.86. The van der Waals surface area contributed by atoms with Gasteiger partial charge < -0.3 is 14.7 Å². The van der Waals surface area contributed by atoms with E-state index >= 15 is 0 Å². The summed E-state index contributed by atoms with van der Waals surface area (Å²) in [5.74, 6) is 0.338. The van der Waals surface area contributed by atoms with Crippen LogP contribution in [0.3, 0.4) is 0 Å². The van der Waals surface area contributed by atoms with Gasteiger partial charge in [-0.05, 0) is 19.3 Å². The molecule has 1 N–H and O–H groups in total. The lowest BCUT2D eigenvalue weighted by Gasteiger charge is -2.35. The smallest absolute Gasteiger partial charge is 0.251 e. The lowest BCUT2D eigenvalue weighted by Crippen LogP contribution is -2.48. The summed E-state index contributed by atoms with van der Waals surface area (Å²) in [6, 6.07) is 0. The fraction of sp³-hybridized carbons (Fsp3) is 0.900. The van der Waals surface area contributed by atoms with Crippen molar-refractivity contribution in [2.24, 2.45) is 5.92 Å². The zero-order valence-electron chi connectivity index (χ0n) is 9.06. The Labute approximate surface area is 84.8 Å². The second kappa shape index (κ2) is 4.75. The van der Waals surface area contributed by atoms with Crippen LogP contribution in [0.25, 0.3) is 0 Å². The predicted molar refractivity (Wildman–Crippen MR) is 52.8 cm³/mol. The molecular weight excluding hydrogens is 182 g/mol. The van der Waals surface area contributed by atoms with Crippen LogP contribution in [0, 0.1) is 5.92 Å². The van der Waals surface area contributed by atoms with Gasteiger partial charge in [0.1, 0.15) is 6.10 Å². The maximum absolute atomic E-state index is 11.7. The molecule has 0 aromatic heterocycles. The lowest BCUT2D eigenvalue weighted by molar-refractivity contribution is -0.145. The Bertz CT molecular complexity index is 198. The molecule has 82 valence electrons. The third-order valence-corrected chi connectivity index (χ3v) is 2.65. The molecule has 0 aliphatic carbocycles. The number of carbonyl (C=O) groups is 1. The van der Waals surface area contributed by atoms with Crippen LogP contribution in [0.1, 0.15) is 20.3 Å². The number of aliphatic hydroxyl groups is 1. The van der Waals surface area contributed by atoms with Crippen LogP contribution in [0.15, 0.2) is 0 Å². The molecular formula is C10H19NO3. The first-order valence-electron chi connectivity index (χ1n) is 5.04. The van der Waals surface area contributed by atoms with E-state index in [0.717, 1.165) is 13.0 Å². The van der Waals surface area contributed by atoms with Gasteiger partial charge in [0, 0.05) is 20.2 Å². The molecule has 4 nitrogen and oxygen atoms in total. The fourth-order valence-corrected chi connectivity index (χ4v) is 1.86. The normalized spacial score (nSPS) is 30.1. The van der Waals surface area contributed by atoms with Crippen molar-refractivity contribution in [2.75, 3.05) is 20.2 Å². The molecule has 1 unspecified atom stereocenters. The largest absolute Gasteiger partial charge is 0.391 e. The maximum atomic E-state index is 11.7. The van der Waals surface area contributed by atoms with Gasteiger partial charge in [-0.1, -0.05) is 6.92 Å². The Balaban J connectivity index is 2.54. The van der Waals surface area contributed by atoms with Crippen molar-refractivity contribution in [1.29, 1.82) is 0 Å². The second-order valence-electron chi connectivity index (χ2n) is 4.12. The summed E-state index contributed by atoms with van der Waals surface area (Å²) in [6.07, 6.45) is -0.00948. The van der Waals surface area contributed by atoms with E-state index in [1.165, 1.54) is 7.11 Å². The number of hydrogen-bond acceptors (Lipinski definition) is 3. The molecule has 14 heavy (non-hydrogen) atoms. The second-order valence-corrected chi connectivity index (χ2v) is 4.12. The van der Waals surface area contributed by atoms with Gasteiger partial charge in [0.2, 0.25) is 0 Å². The number of nitrogens with zero attached hydrogens (tertiary/aromatic N) is 1. The third-order valence-electron chi connectivity index (χ3n) is 2.65. The van der Waals surface area contributed by atoms with Crippen molar-refractivity contribution in [3.8, 4) is 0 Å². The van der Waals surface area contributed by atoms with Crippen molar-refractivity contribution in [3.05, 3.63) is 0 Å². The summed E-state index contributed by atoms with van der Waals surface area (Å²) in [6.45, 7) is 4.94. The minimum atomic E-state index is -0.410. The van der Waals surface area contributed by atoms with Crippen LogP contribution in [-0.2, 0) is 9.53 Å². The average Bonchev–Trinajstić information content (AvgIpc) is 2.14. The van der Waals surface area contributed by atoms with Crippen molar-refractivity contribution < 1.29 is 14.6 Å². The van der Waals surface area contributed by atoms with Crippen molar-refractivity contribution >= 4 is 5.91 Å². The van der Waals surface area contributed by atoms with Crippen LogP contribution >= 0.6 is 0 Å². The quantitative estimate of drug-likeness (QED) is 0.696. The Hall–Kier alpha value is -0.610. The zero-order valence-corrected chi connectivity index (χ0v) is 9.06. The average molecular weight is 201 g/mol. The van der Waals surface area contributed by atoms with Crippen molar-refractivity contribution in [3.63, 3.8) is 0 Å². The van der Waals surface area contributed by atoms with E-state index in [0.29, 0.717) is 12.5 Å². The van der Waals surface area contributed by atoms with E-state index in [1.54, 1.807) is 11.8 Å². The highest BCUT2D eigenvalue weighted by Gasteiger charge is 2.28. The van der Waals surface area contributed by atoms with Gasteiger partial charge in [0.05, 0.1) is 6.10 Å². The molecule has 1 heterocycles. The lowest BCUT2D eigenvalue weighted by atomic mass is 9.97. The van der Waals surface area contributed by atoms with E-state index in [9.17, 15) is 9.90 Å². The standard InChI is InChI=1S/C10H19NO3/c1-7-4-9(12)6-11(5-7)10(13)8(2)14-3/h7-9,12H,4-6H2,1-3H3/t7-,8?,9+/m0/s1. The number of likely N-dealkylation sites (tertiary alicyclic amines) is 1. The summed E-state index contributed by atoms with van der Waals surface area (Å²) < 4.78 is 4.96. The third kappa shape index (κ3) is 2.69. The Morgan fingerprint density at radius 3 is 2.71 bits per heavy atom. The van der Waals surface area contributed by atoms with Crippen LogP contribution < -0.4 is 0 Å². The van der Waals surface area contributed by atoms with Crippen molar-refractivity contribution in [2.45, 2.75) is 32.5 Å². The number of carbonyl (C=O) groups excluding carboxylic acids is 1. The van der Waals surface area contributed by atoms with Crippen LogP contribution in [0.2, 0.25) is 0 Å². The number of rotatable bonds is 2. The highest BCUT2D eigenvalue weighted by atomic mass is 16.5. The molecule has 3 atom stereocenters. The van der Waals surface area contributed by atoms with Gasteiger partial charge in [0.15, 0.2) is 0 Å². The molecule has 1 rings (SSSR count). The number of methoxy groups -OCH3 is 1. The molecule has 0 spiro atoms. The minimum absolute atomic E-state index is 0.0295. The van der Waals surface area contributed by atoms with Crippen LogP contribution in [0.4, 0.5) is 0 Å². The Morgan fingerprint density at radius 2 is 2.21 bits per heavy atom. The van der Waals surface area contributed by atoms with E-state index in [2.05, 4.69) is 0 Å². The van der Waals surface area contributed by atoms with Gasteiger partial charge >= 0.3 is 0 Å². The number of amides is 1. The molecule has 0 bridgehead atoms. The number of aliphatic hydroxyl groups excluding tert-OH is 1. The number of piperidine rings is 1. The molecule has 1 saturated heterocycles. The summed E-state index contributed by atoms with van der Waals surface area (Å²) in [7, 11) is 1.52. The van der Waals surface area contributed by atoms with Gasteiger partial charge in [-0.25, -0.2) is 0 Å².